The van der Waals surface area contributed by atoms with Crippen LogP contribution in [0.1, 0.15) is 79.1 Å². The van der Waals surface area contributed by atoms with Gasteiger partial charge in [-0.15, -0.1) is 0 Å². The Labute approximate surface area is 121 Å². The first kappa shape index (κ1) is 18.2. The fourth-order valence-electron chi connectivity index (χ4n) is 1.97. The van der Waals surface area contributed by atoms with Crippen LogP contribution in [0.3, 0.4) is 0 Å². The Kier molecular flexibility index (Phi) is 11.8. The largest absolute Gasteiger partial charge is 0.0914 e. The van der Waals surface area contributed by atoms with Crippen LogP contribution in [-0.2, 0) is 0 Å². The molecule has 0 aromatic carbocycles. The lowest BCUT2D eigenvalue weighted by molar-refractivity contribution is 0.357. The highest BCUT2D eigenvalue weighted by Crippen LogP contribution is 2.22. The first-order chi connectivity index (χ1) is 9.06. The molecular formula is C19H34. The monoisotopic (exact) mass is 262 g/mol. The van der Waals surface area contributed by atoms with E-state index < -0.39 is 0 Å². The summed E-state index contributed by atoms with van der Waals surface area (Å²) in [6, 6.07) is 0. The van der Waals surface area contributed by atoms with E-state index in [1.807, 2.05) is 0 Å². The second-order valence-electron chi connectivity index (χ2n) is 6.50. The van der Waals surface area contributed by atoms with Crippen molar-refractivity contribution in [2.45, 2.75) is 79.1 Å². The summed E-state index contributed by atoms with van der Waals surface area (Å²) in [7, 11) is 0. The molecule has 0 spiro atoms. The molecule has 19 heavy (non-hydrogen) atoms. The maximum Gasteiger partial charge on any atom is -0.0169 e. The minimum absolute atomic E-state index is 0.513. The average Bonchev–Trinajstić information content (AvgIpc) is 2.34. The molecule has 0 rings (SSSR count). The highest BCUT2D eigenvalue weighted by molar-refractivity contribution is 4.96. The fourth-order valence-corrected chi connectivity index (χ4v) is 1.97. The van der Waals surface area contributed by atoms with Gasteiger partial charge in [-0.3, -0.25) is 0 Å². The molecule has 0 aromatic heterocycles. The molecule has 0 unspecified atom stereocenters. The zero-order valence-corrected chi connectivity index (χ0v) is 13.6. The average molecular weight is 262 g/mol. The van der Waals surface area contributed by atoms with E-state index in [2.05, 4.69) is 64.2 Å². The molecule has 0 heteroatoms. The van der Waals surface area contributed by atoms with E-state index in [4.69, 9.17) is 0 Å². The quantitative estimate of drug-likeness (QED) is 0.298. The van der Waals surface area contributed by atoms with E-state index in [-0.39, 0.29) is 0 Å². The van der Waals surface area contributed by atoms with E-state index in [1.165, 1.54) is 38.5 Å². The third-order valence-corrected chi connectivity index (χ3v) is 3.16. The van der Waals surface area contributed by atoms with Crippen molar-refractivity contribution in [3.8, 4) is 0 Å². The molecule has 0 aliphatic rings. The topological polar surface area (TPSA) is 0 Å². The Balaban J connectivity index is 3.28. The molecule has 0 aromatic rings. The molecule has 0 N–H and O–H groups in total. The molecule has 0 bridgehead atoms. The SMILES string of the molecule is C/C=C\C/C=C\C/C=C\CCCCCCC(C)(C)C. The molecule has 0 fully saturated rings. The van der Waals surface area contributed by atoms with Crippen LogP contribution < -0.4 is 0 Å². The highest BCUT2D eigenvalue weighted by Gasteiger charge is 2.08. The van der Waals surface area contributed by atoms with E-state index in [0.717, 1.165) is 12.8 Å². The van der Waals surface area contributed by atoms with Crippen molar-refractivity contribution in [3.05, 3.63) is 36.5 Å². The van der Waals surface area contributed by atoms with Crippen LogP contribution in [0.5, 0.6) is 0 Å². The van der Waals surface area contributed by atoms with Crippen LogP contribution >= 0.6 is 0 Å². The molecule has 0 radical (unpaired) electrons. The van der Waals surface area contributed by atoms with Crippen LogP contribution in [0.4, 0.5) is 0 Å². The van der Waals surface area contributed by atoms with Crippen molar-refractivity contribution in [1.29, 1.82) is 0 Å². The Hall–Kier alpha value is -0.780. The van der Waals surface area contributed by atoms with Gasteiger partial charge in [0.25, 0.3) is 0 Å². The van der Waals surface area contributed by atoms with Crippen molar-refractivity contribution in [2.24, 2.45) is 5.41 Å². The Morgan fingerprint density at radius 1 is 0.684 bits per heavy atom. The summed E-state index contributed by atoms with van der Waals surface area (Å²) in [5.41, 5.74) is 0.513. The zero-order valence-electron chi connectivity index (χ0n) is 13.6. The summed E-state index contributed by atoms with van der Waals surface area (Å²) in [6.07, 6.45) is 23.7. The summed E-state index contributed by atoms with van der Waals surface area (Å²) in [5, 5.41) is 0. The van der Waals surface area contributed by atoms with Gasteiger partial charge in [-0.2, -0.15) is 0 Å². The van der Waals surface area contributed by atoms with Crippen LogP contribution in [0.15, 0.2) is 36.5 Å². The van der Waals surface area contributed by atoms with Gasteiger partial charge in [0.2, 0.25) is 0 Å². The lowest BCUT2D eigenvalue weighted by atomic mass is 9.89. The third kappa shape index (κ3) is 17.2. The minimum Gasteiger partial charge on any atom is -0.0914 e. The summed E-state index contributed by atoms with van der Waals surface area (Å²) in [4.78, 5) is 0. The smallest absolute Gasteiger partial charge is 0.0169 e. The van der Waals surface area contributed by atoms with Gasteiger partial charge in [-0.1, -0.05) is 76.5 Å². The third-order valence-electron chi connectivity index (χ3n) is 3.16. The molecule has 0 aliphatic carbocycles. The lowest BCUT2D eigenvalue weighted by Crippen LogP contribution is -2.03. The number of unbranched alkanes of at least 4 members (excludes halogenated alkanes) is 4. The molecular weight excluding hydrogens is 228 g/mol. The first-order valence-electron chi connectivity index (χ1n) is 7.97. The van der Waals surface area contributed by atoms with Gasteiger partial charge in [0.1, 0.15) is 0 Å². The zero-order chi connectivity index (χ0) is 14.4. The van der Waals surface area contributed by atoms with Crippen molar-refractivity contribution in [3.63, 3.8) is 0 Å². The Bertz CT molecular complexity index is 260. The van der Waals surface area contributed by atoms with Gasteiger partial charge < -0.3 is 0 Å². The highest BCUT2D eigenvalue weighted by atomic mass is 14.1. The van der Waals surface area contributed by atoms with Crippen molar-refractivity contribution >= 4 is 0 Å². The summed E-state index contributed by atoms with van der Waals surface area (Å²) >= 11 is 0. The van der Waals surface area contributed by atoms with Gasteiger partial charge in [-0.05, 0) is 44.4 Å². The predicted molar refractivity (Wildman–Crippen MR) is 89.5 cm³/mol. The Morgan fingerprint density at radius 3 is 1.89 bits per heavy atom. The number of rotatable bonds is 10. The number of hydrogen-bond donors (Lipinski definition) is 0. The van der Waals surface area contributed by atoms with Crippen LogP contribution in [0.2, 0.25) is 0 Å². The predicted octanol–water partition coefficient (Wildman–Crippen LogP) is 6.84. The molecule has 0 heterocycles. The first-order valence-corrected chi connectivity index (χ1v) is 7.97. The maximum atomic E-state index is 2.34. The van der Waals surface area contributed by atoms with E-state index in [9.17, 15) is 0 Å². The van der Waals surface area contributed by atoms with E-state index in [0.29, 0.717) is 5.41 Å². The summed E-state index contributed by atoms with van der Waals surface area (Å²) in [5.74, 6) is 0. The maximum absolute atomic E-state index is 2.34. The van der Waals surface area contributed by atoms with Crippen molar-refractivity contribution in [2.75, 3.05) is 0 Å². The number of allylic oxidation sites excluding steroid dienone is 6. The van der Waals surface area contributed by atoms with Crippen LogP contribution in [0.25, 0.3) is 0 Å². The van der Waals surface area contributed by atoms with E-state index in [1.54, 1.807) is 0 Å². The molecule has 0 saturated heterocycles. The van der Waals surface area contributed by atoms with Gasteiger partial charge in [-0.25, -0.2) is 0 Å². The molecule has 0 nitrogen and oxygen atoms in total. The van der Waals surface area contributed by atoms with Gasteiger partial charge in [0.15, 0.2) is 0 Å². The van der Waals surface area contributed by atoms with Gasteiger partial charge in [0.05, 0.1) is 0 Å². The van der Waals surface area contributed by atoms with Crippen molar-refractivity contribution < 1.29 is 0 Å². The molecule has 0 saturated carbocycles. The molecule has 0 amide bonds. The van der Waals surface area contributed by atoms with Gasteiger partial charge >= 0.3 is 0 Å². The molecule has 0 aliphatic heterocycles. The number of hydrogen-bond acceptors (Lipinski definition) is 0. The molecule has 0 atom stereocenters. The second kappa shape index (κ2) is 12.3. The van der Waals surface area contributed by atoms with Gasteiger partial charge in [0, 0.05) is 0 Å². The normalized spacial score (nSPS) is 13.3. The Morgan fingerprint density at radius 2 is 1.26 bits per heavy atom. The van der Waals surface area contributed by atoms with Crippen LogP contribution in [0, 0.1) is 5.41 Å². The fraction of sp³-hybridized carbons (Fsp3) is 0.684. The molecule has 110 valence electrons. The van der Waals surface area contributed by atoms with Crippen LogP contribution in [-0.4, -0.2) is 0 Å². The van der Waals surface area contributed by atoms with Crippen molar-refractivity contribution in [1.82, 2.24) is 0 Å². The minimum atomic E-state index is 0.513. The summed E-state index contributed by atoms with van der Waals surface area (Å²) < 4.78 is 0. The summed E-state index contributed by atoms with van der Waals surface area (Å²) in [6.45, 7) is 9.06. The lowest BCUT2D eigenvalue weighted by Gasteiger charge is -2.17. The van der Waals surface area contributed by atoms with E-state index >= 15 is 0 Å². The standard InChI is InChI=1S/C19H34/c1-5-6-7-8-9-10-11-12-13-14-15-16-17-18-19(2,3)4/h5-6,8-9,11-12H,7,10,13-18H2,1-4H3/b6-5-,9-8-,12-11-. The second-order valence-corrected chi connectivity index (χ2v) is 6.50.